The Morgan fingerprint density at radius 1 is 1.33 bits per heavy atom. The molecule has 2 aromatic rings. The Hall–Kier alpha value is -1.28. The summed E-state index contributed by atoms with van der Waals surface area (Å²) < 4.78 is 0. The molecule has 1 aliphatic rings. The molecule has 1 aliphatic carbocycles. The first kappa shape index (κ1) is 8.98. The maximum Gasteiger partial charge on any atom is 0.0458 e. The van der Waals surface area contributed by atoms with E-state index in [1.807, 2.05) is 0 Å². The number of hydrogen-bond donors (Lipinski definition) is 2. The Bertz CT molecular complexity index is 484. The average molecular weight is 200 g/mol. The molecule has 1 aromatic carbocycles. The van der Waals surface area contributed by atoms with Gasteiger partial charge in [-0.3, -0.25) is 0 Å². The standard InChI is InChI=1S/C13H16N2/c14-8-9-5-6-11-10-3-1-2-4-12(10)15-13(11)7-9/h1-4,9,15H,5-8,14H2. The van der Waals surface area contributed by atoms with E-state index in [9.17, 15) is 0 Å². The van der Waals surface area contributed by atoms with E-state index in [4.69, 9.17) is 5.73 Å². The van der Waals surface area contributed by atoms with Crippen molar-refractivity contribution in [2.24, 2.45) is 11.7 Å². The third-order valence-electron chi connectivity index (χ3n) is 3.53. The minimum absolute atomic E-state index is 0.672. The maximum absolute atomic E-state index is 5.74. The number of nitrogens with two attached hydrogens (primary N) is 1. The third-order valence-corrected chi connectivity index (χ3v) is 3.53. The van der Waals surface area contributed by atoms with Gasteiger partial charge in [-0.1, -0.05) is 18.2 Å². The summed E-state index contributed by atoms with van der Waals surface area (Å²) in [5, 5.41) is 1.41. The van der Waals surface area contributed by atoms with Gasteiger partial charge in [0.1, 0.15) is 0 Å². The smallest absolute Gasteiger partial charge is 0.0458 e. The van der Waals surface area contributed by atoms with Gasteiger partial charge in [0.2, 0.25) is 0 Å². The molecule has 0 spiro atoms. The van der Waals surface area contributed by atoms with Crippen LogP contribution in [0.1, 0.15) is 17.7 Å². The number of nitrogens with one attached hydrogen (secondary N) is 1. The van der Waals surface area contributed by atoms with Gasteiger partial charge in [-0.25, -0.2) is 0 Å². The SMILES string of the molecule is NCC1CCc2c([nH]c3ccccc23)C1. The number of aryl methyl sites for hydroxylation is 1. The molecule has 1 aromatic heterocycles. The zero-order chi connectivity index (χ0) is 10.3. The number of aromatic nitrogens is 1. The zero-order valence-electron chi connectivity index (χ0n) is 8.79. The normalized spacial score (nSPS) is 20.5. The second-order valence-corrected chi connectivity index (χ2v) is 4.47. The van der Waals surface area contributed by atoms with Crippen LogP contribution in [0.25, 0.3) is 10.9 Å². The molecule has 0 saturated heterocycles. The van der Waals surface area contributed by atoms with Crippen molar-refractivity contribution in [1.29, 1.82) is 0 Å². The van der Waals surface area contributed by atoms with Crippen molar-refractivity contribution in [3.8, 4) is 0 Å². The molecule has 3 N–H and O–H groups in total. The first-order valence-electron chi connectivity index (χ1n) is 5.67. The second kappa shape index (κ2) is 3.38. The Morgan fingerprint density at radius 2 is 2.20 bits per heavy atom. The number of H-pyrrole nitrogens is 1. The van der Waals surface area contributed by atoms with Crippen LogP contribution in [0.2, 0.25) is 0 Å². The summed E-state index contributed by atoms with van der Waals surface area (Å²) >= 11 is 0. The topological polar surface area (TPSA) is 41.8 Å². The second-order valence-electron chi connectivity index (χ2n) is 4.47. The average Bonchev–Trinajstić information content (AvgIpc) is 2.66. The fourth-order valence-corrected chi connectivity index (χ4v) is 2.66. The molecule has 78 valence electrons. The van der Waals surface area contributed by atoms with Gasteiger partial charge in [0.15, 0.2) is 0 Å². The number of hydrogen-bond acceptors (Lipinski definition) is 1. The van der Waals surface area contributed by atoms with Crippen molar-refractivity contribution in [3.05, 3.63) is 35.5 Å². The maximum atomic E-state index is 5.74. The van der Waals surface area contributed by atoms with Gasteiger partial charge in [-0.15, -0.1) is 0 Å². The number of para-hydroxylation sites is 1. The van der Waals surface area contributed by atoms with E-state index < -0.39 is 0 Å². The van der Waals surface area contributed by atoms with Gasteiger partial charge in [-0.05, 0) is 43.4 Å². The fourth-order valence-electron chi connectivity index (χ4n) is 2.66. The molecule has 1 heterocycles. The lowest BCUT2D eigenvalue weighted by Gasteiger charge is -2.20. The van der Waals surface area contributed by atoms with E-state index >= 15 is 0 Å². The van der Waals surface area contributed by atoms with Crippen LogP contribution in [0.15, 0.2) is 24.3 Å². The molecule has 2 heteroatoms. The molecule has 3 rings (SSSR count). The summed E-state index contributed by atoms with van der Waals surface area (Å²) in [6.07, 6.45) is 3.55. The third kappa shape index (κ3) is 1.37. The molecule has 2 nitrogen and oxygen atoms in total. The Labute approximate surface area is 89.5 Å². The van der Waals surface area contributed by atoms with Gasteiger partial charge in [0.25, 0.3) is 0 Å². The summed E-state index contributed by atoms with van der Waals surface area (Å²) in [5.41, 5.74) is 9.96. The summed E-state index contributed by atoms with van der Waals surface area (Å²) in [7, 11) is 0. The van der Waals surface area contributed by atoms with Crippen LogP contribution in [0.5, 0.6) is 0 Å². The van der Waals surface area contributed by atoms with Crippen molar-refractivity contribution >= 4 is 10.9 Å². The van der Waals surface area contributed by atoms with Gasteiger partial charge in [0, 0.05) is 16.6 Å². The lowest BCUT2D eigenvalue weighted by molar-refractivity contribution is 0.466. The minimum atomic E-state index is 0.672. The van der Waals surface area contributed by atoms with Crippen molar-refractivity contribution in [3.63, 3.8) is 0 Å². The predicted molar refractivity (Wildman–Crippen MR) is 62.9 cm³/mol. The molecule has 0 aliphatic heterocycles. The van der Waals surface area contributed by atoms with Crippen LogP contribution in [0.3, 0.4) is 0 Å². The highest BCUT2D eigenvalue weighted by molar-refractivity contribution is 5.84. The molecule has 0 amide bonds. The van der Waals surface area contributed by atoms with E-state index in [0.29, 0.717) is 5.92 Å². The molecule has 0 fully saturated rings. The van der Waals surface area contributed by atoms with E-state index in [1.165, 1.54) is 35.0 Å². The van der Waals surface area contributed by atoms with Gasteiger partial charge >= 0.3 is 0 Å². The molecular weight excluding hydrogens is 184 g/mol. The first-order chi connectivity index (χ1) is 7.38. The van der Waals surface area contributed by atoms with E-state index in [-0.39, 0.29) is 0 Å². The van der Waals surface area contributed by atoms with Crippen LogP contribution in [-0.4, -0.2) is 11.5 Å². The predicted octanol–water partition coefficient (Wildman–Crippen LogP) is 2.23. The van der Waals surface area contributed by atoms with Crippen molar-refractivity contribution in [1.82, 2.24) is 4.98 Å². The molecule has 15 heavy (non-hydrogen) atoms. The van der Waals surface area contributed by atoms with Crippen LogP contribution >= 0.6 is 0 Å². The number of aromatic amines is 1. The molecule has 1 atom stereocenters. The fraction of sp³-hybridized carbons (Fsp3) is 0.385. The Morgan fingerprint density at radius 3 is 3.07 bits per heavy atom. The van der Waals surface area contributed by atoms with Crippen molar-refractivity contribution < 1.29 is 0 Å². The summed E-state index contributed by atoms with van der Waals surface area (Å²) in [6.45, 7) is 0.814. The van der Waals surface area contributed by atoms with E-state index in [2.05, 4.69) is 29.2 Å². The van der Waals surface area contributed by atoms with E-state index in [0.717, 1.165) is 13.0 Å². The minimum Gasteiger partial charge on any atom is -0.358 e. The first-order valence-corrected chi connectivity index (χ1v) is 5.67. The Kier molecular flexibility index (Phi) is 2.03. The number of benzene rings is 1. The van der Waals surface area contributed by atoms with Crippen molar-refractivity contribution in [2.45, 2.75) is 19.3 Å². The Balaban J connectivity index is 2.12. The quantitative estimate of drug-likeness (QED) is 0.728. The van der Waals surface area contributed by atoms with E-state index in [1.54, 1.807) is 0 Å². The summed E-state index contributed by atoms with van der Waals surface area (Å²) in [4.78, 5) is 3.52. The van der Waals surface area contributed by atoms with Gasteiger partial charge < -0.3 is 10.7 Å². The van der Waals surface area contributed by atoms with Crippen LogP contribution in [0.4, 0.5) is 0 Å². The lowest BCUT2D eigenvalue weighted by Crippen LogP contribution is -2.21. The highest BCUT2D eigenvalue weighted by Gasteiger charge is 2.20. The highest BCUT2D eigenvalue weighted by Crippen LogP contribution is 2.30. The highest BCUT2D eigenvalue weighted by atomic mass is 14.7. The lowest BCUT2D eigenvalue weighted by atomic mass is 9.87. The van der Waals surface area contributed by atoms with Crippen LogP contribution < -0.4 is 5.73 Å². The number of fused-ring (bicyclic) bond motifs is 3. The van der Waals surface area contributed by atoms with Gasteiger partial charge in [-0.2, -0.15) is 0 Å². The monoisotopic (exact) mass is 200 g/mol. The molecule has 0 radical (unpaired) electrons. The molecule has 1 unspecified atom stereocenters. The van der Waals surface area contributed by atoms with Gasteiger partial charge in [0.05, 0.1) is 0 Å². The largest absolute Gasteiger partial charge is 0.358 e. The summed E-state index contributed by atoms with van der Waals surface area (Å²) in [6, 6.07) is 8.58. The molecule has 0 saturated carbocycles. The van der Waals surface area contributed by atoms with Crippen LogP contribution in [-0.2, 0) is 12.8 Å². The van der Waals surface area contributed by atoms with Crippen LogP contribution in [0, 0.1) is 5.92 Å². The molecular formula is C13H16N2. The summed E-state index contributed by atoms with van der Waals surface area (Å²) in [5.74, 6) is 0.672. The zero-order valence-corrected chi connectivity index (χ0v) is 8.79. The van der Waals surface area contributed by atoms with Crippen molar-refractivity contribution in [2.75, 3.05) is 6.54 Å². The molecule has 0 bridgehead atoms. The number of rotatable bonds is 1.